The van der Waals surface area contributed by atoms with Gasteiger partial charge in [-0.05, 0) is 45.2 Å². The van der Waals surface area contributed by atoms with Crippen LogP contribution in [0.1, 0.15) is 25.7 Å². The molecule has 0 aromatic carbocycles. The molecule has 0 radical (unpaired) electrons. The Morgan fingerprint density at radius 1 is 1.28 bits per heavy atom. The van der Waals surface area contributed by atoms with E-state index in [1.165, 1.54) is 25.7 Å². The number of ether oxygens (including phenoxy) is 2. The second-order valence-electron chi connectivity index (χ2n) is 5.97. The molecule has 2 fully saturated rings. The summed E-state index contributed by atoms with van der Waals surface area (Å²) in [5, 5.41) is 3.36. The smallest absolute Gasteiger partial charge is 0.0702 e. The van der Waals surface area contributed by atoms with Crippen molar-refractivity contribution in [2.24, 2.45) is 5.41 Å². The van der Waals surface area contributed by atoms with Gasteiger partial charge in [0.1, 0.15) is 0 Å². The van der Waals surface area contributed by atoms with Gasteiger partial charge in [0.2, 0.25) is 0 Å². The van der Waals surface area contributed by atoms with Gasteiger partial charge in [-0.1, -0.05) is 0 Å². The second-order valence-corrected chi connectivity index (χ2v) is 5.97. The summed E-state index contributed by atoms with van der Waals surface area (Å²) in [5.74, 6) is 0. The summed E-state index contributed by atoms with van der Waals surface area (Å²) < 4.78 is 11.2. The normalized spacial score (nSPS) is 27.8. The van der Waals surface area contributed by atoms with Crippen LogP contribution in [0.15, 0.2) is 0 Å². The van der Waals surface area contributed by atoms with E-state index in [2.05, 4.69) is 24.3 Å². The van der Waals surface area contributed by atoms with Crippen LogP contribution in [0, 0.1) is 5.41 Å². The lowest BCUT2D eigenvalue weighted by molar-refractivity contribution is -0.00767. The fourth-order valence-electron chi connectivity index (χ4n) is 3.34. The van der Waals surface area contributed by atoms with Gasteiger partial charge in [-0.25, -0.2) is 0 Å². The molecule has 2 saturated heterocycles. The van der Waals surface area contributed by atoms with Gasteiger partial charge in [0, 0.05) is 39.5 Å². The van der Waals surface area contributed by atoms with E-state index < -0.39 is 0 Å². The number of nitrogens with zero attached hydrogens (tertiary/aromatic N) is 1. The van der Waals surface area contributed by atoms with E-state index in [-0.39, 0.29) is 0 Å². The average Bonchev–Trinajstić information content (AvgIpc) is 2.83. The Morgan fingerprint density at radius 2 is 2.06 bits per heavy atom. The molecule has 0 amide bonds. The fraction of sp³-hybridized carbons (Fsp3) is 1.00. The molecular formula is C14H28N2O2. The van der Waals surface area contributed by atoms with Crippen molar-refractivity contribution >= 4 is 0 Å². The van der Waals surface area contributed by atoms with E-state index in [0.29, 0.717) is 11.5 Å². The van der Waals surface area contributed by atoms with Crippen LogP contribution in [0.3, 0.4) is 0 Å². The summed E-state index contributed by atoms with van der Waals surface area (Å²) >= 11 is 0. The van der Waals surface area contributed by atoms with Crippen LogP contribution in [0.2, 0.25) is 0 Å². The van der Waals surface area contributed by atoms with Crippen LogP contribution >= 0.6 is 0 Å². The molecule has 0 bridgehead atoms. The molecule has 1 atom stereocenters. The largest absolute Gasteiger partial charge is 0.381 e. The first-order chi connectivity index (χ1) is 8.74. The van der Waals surface area contributed by atoms with Crippen molar-refractivity contribution in [2.75, 3.05) is 53.6 Å². The van der Waals surface area contributed by atoms with Gasteiger partial charge in [-0.3, -0.25) is 0 Å². The average molecular weight is 256 g/mol. The first-order valence-corrected chi connectivity index (χ1v) is 7.27. The lowest BCUT2D eigenvalue weighted by Crippen LogP contribution is -2.47. The molecule has 0 aromatic rings. The summed E-state index contributed by atoms with van der Waals surface area (Å²) in [6, 6.07) is 0. The van der Waals surface area contributed by atoms with Crippen LogP contribution in [-0.2, 0) is 9.47 Å². The number of hydrogen-bond donors (Lipinski definition) is 1. The summed E-state index contributed by atoms with van der Waals surface area (Å²) in [6.07, 6.45) is 5.26. The zero-order valence-corrected chi connectivity index (χ0v) is 11.9. The third-order valence-electron chi connectivity index (χ3n) is 4.25. The monoisotopic (exact) mass is 256 g/mol. The van der Waals surface area contributed by atoms with Crippen molar-refractivity contribution in [2.45, 2.75) is 31.8 Å². The van der Waals surface area contributed by atoms with E-state index >= 15 is 0 Å². The molecule has 0 saturated carbocycles. The van der Waals surface area contributed by atoms with Gasteiger partial charge in [-0.2, -0.15) is 0 Å². The van der Waals surface area contributed by atoms with E-state index in [9.17, 15) is 0 Å². The van der Waals surface area contributed by atoms with Crippen molar-refractivity contribution in [3.05, 3.63) is 0 Å². The third-order valence-corrected chi connectivity index (χ3v) is 4.25. The molecule has 0 aliphatic carbocycles. The predicted molar refractivity (Wildman–Crippen MR) is 72.9 cm³/mol. The van der Waals surface area contributed by atoms with Gasteiger partial charge in [-0.15, -0.1) is 0 Å². The van der Waals surface area contributed by atoms with E-state index in [4.69, 9.17) is 9.47 Å². The van der Waals surface area contributed by atoms with Crippen molar-refractivity contribution in [1.82, 2.24) is 10.2 Å². The summed E-state index contributed by atoms with van der Waals surface area (Å²) in [6.45, 7) is 6.09. The molecule has 0 aromatic heterocycles. The highest BCUT2D eigenvalue weighted by Gasteiger charge is 2.33. The molecule has 2 heterocycles. The standard InChI is InChI=1S/C14H28N2O2/c1-15-11-14(5-8-17-9-6-14)12-16(2)10-13-4-3-7-18-13/h13,15H,3-12H2,1-2H3. The van der Waals surface area contributed by atoms with Crippen LogP contribution < -0.4 is 5.32 Å². The molecule has 106 valence electrons. The first kappa shape index (κ1) is 14.3. The highest BCUT2D eigenvalue weighted by molar-refractivity contribution is 4.87. The maximum absolute atomic E-state index is 5.72. The minimum absolute atomic E-state index is 0.389. The molecule has 4 nitrogen and oxygen atoms in total. The highest BCUT2D eigenvalue weighted by Crippen LogP contribution is 2.31. The summed E-state index contributed by atoms with van der Waals surface area (Å²) in [4.78, 5) is 2.46. The van der Waals surface area contributed by atoms with Gasteiger partial charge < -0.3 is 19.7 Å². The van der Waals surface area contributed by atoms with Crippen LogP contribution in [0.5, 0.6) is 0 Å². The number of likely N-dealkylation sites (N-methyl/N-ethyl adjacent to an activating group) is 1. The molecule has 1 unspecified atom stereocenters. The molecule has 2 aliphatic heterocycles. The van der Waals surface area contributed by atoms with Crippen LogP contribution in [0.25, 0.3) is 0 Å². The third kappa shape index (κ3) is 3.92. The second kappa shape index (κ2) is 6.85. The van der Waals surface area contributed by atoms with Crippen LogP contribution in [-0.4, -0.2) is 64.6 Å². The Bertz CT molecular complexity index is 230. The number of rotatable bonds is 6. The molecule has 2 aliphatic rings. The zero-order chi connectivity index (χ0) is 12.8. The minimum Gasteiger partial charge on any atom is -0.381 e. The fourth-order valence-corrected chi connectivity index (χ4v) is 3.34. The Labute approximate surface area is 111 Å². The molecular weight excluding hydrogens is 228 g/mol. The Balaban J connectivity index is 1.82. The number of hydrogen-bond acceptors (Lipinski definition) is 4. The summed E-state index contributed by atoms with van der Waals surface area (Å²) in [5.41, 5.74) is 0.389. The Kier molecular flexibility index (Phi) is 5.42. The van der Waals surface area contributed by atoms with E-state index in [1.807, 2.05) is 0 Å². The lowest BCUT2D eigenvalue weighted by Gasteiger charge is -2.40. The topological polar surface area (TPSA) is 33.7 Å². The Morgan fingerprint density at radius 3 is 2.67 bits per heavy atom. The molecule has 18 heavy (non-hydrogen) atoms. The molecule has 0 spiro atoms. The first-order valence-electron chi connectivity index (χ1n) is 7.27. The van der Waals surface area contributed by atoms with Gasteiger partial charge >= 0.3 is 0 Å². The SMILES string of the molecule is CNCC1(CN(C)CC2CCCO2)CCOCC1. The highest BCUT2D eigenvalue weighted by atomic mass is 16.5. The van der Waals surface area contributed by atoms with Gasteiger partial charge in [0.25, 0.3) is 0 Å². The Hall–Kier alpha value is -0.160. The van der Waals surface area contributed by atoms with Crippen molar-refractivity contribution in [3.8, 4) is 0 Å². The molecule has 4 heteroatoms. The predicted octanol–water partition coefficient (Wildman–Crippen LogP) is 1.11. The lowest BCUT2D eigenvalue weighted by atomic mass is 9.79. The van der Waals surface area contributed by atoms with Crippen LogP contribution in [0.4, 0.5) is 0 Å². The number of nitrogens with one attached hydrogen (secondary N) is 1. The maximum Gasteiger partial charge on any atom is 0.0702 e. The van der Waals surface area contributed by atoms with Gasteiger partial charge in [0.15, 0.2) is 0 Å². The van der Waals surface area contributed by atoms with Crippen molar-refractivity contribution in [1.29, 1.82) is 0 Å². The summed E-state index contributed by atoms with van der Waals surface area (Å²) in [7, 11) is 4.28. The van der Waals surface area contributed by atoms with Crippen molar-refractivity contribution < 1.29 is 9.47 Å². The molecule has 1 N–H and O–H groups in total. The quantitative estimate of drug-likeness (QED) is 0.772. The van der Waals surface area contributed by atoms with E-state index in [0.717, 1.165) is 39.5 Å². The minimum atomic E-state index is 0.389. The van der Waals surface area contributed by atoms with Crippen molar-refractivity contribution in [3.63, 3.8) is 0 Å². The maximum atomic E-state index is 5.72. The van der Waals surface area contributed by atoms with E-state index in [1.54, 1.807) is 0 Å². The molecule has 2 rings (SSSR count). The zero-order valence-electron chi connectivity index (χ0n) is 11.9. The van der Waals surface area contributed by atoms with Gasteiger partial charge in [0.05, 0.1) is 6.10 Å².